The van der Waals surface area contributed by atoms with Crippen molar-refractivity contribution in [2.75, 3.05) is 13.7 Å². The number of ether oxygens (including phenoxy) is 1. The quantitative estimate of drug-likeness (QED) is 0.595. The van der Waals surface area contributed by atoms with Crippen LogP contribution in [0.3, 0.4) is 0 Å². The van der Waals surface area contributed by atoms with Gasteiger partial charge < -0.3 is 15.2 Å². The van der Waals surface area contributed by atoms with Crippen LogP contribution in [0.25, 0.3) is 0 Å². The summed E-state index contributed by atoms with van der Waals surface area (Å²) >= 11 is 0. The highest BCUT2D eigenvalue weighted by molar-refractivity contribution is 5.95. The van der Waals surface area contributed by atoms with Crippen molar-refractivity contribution in [1.82, 2.24) is 5.32 Å². The number of methoxy groups -OCH3 is 1. The van der Waals surface area contributed by atoms with Crippen LogP contribution in [0.1, 0.15) is 17.3 Å². The number of rotatable bonds is 5. The van der Waals surface area contributed by atoms with Crippen LogP contribution in [0.2, 0.25) is 0 Å². The molecule has 0 heterocycles. The maximum absolute atomic E-state index is 11.7. The summed E-state index contributed by atoms with van der Waals surface area (Å²) in [4.78, 5) is 21.7. The van der Waals surface area contributed by atoms with E-state index in [1.807, 2.05) is 0 Å². The number of benzene rings is 1. The molecular formula is C11H14N2O5. The molecule has 0 bridgehead atoms. The lowest BCUT2D eigenvalue weighted by Gasteiger charge is -2.08. The summed E-state index contributed by atoms with van der Waals surface area (Å²) in [5.41, 5.74) is 0.0303. The van der Waals surface area contributed by atoms with E-state index in [4.69, 9.17) is 9.84 Å². The summed E-state index contributed by atoms with van der Waals surface area (Å²) in [6, 6.07) is 3.82. The number of hydrogen-bond acceptors (Lipinski definition) is 5. The number of hydrogen-bond donors (Lipinski definition) is 2. The average Bonchev–Trinajstić information content (AvgIpc) is 2.34. The minimum absolute atomic E-state index is 0.0182. The van der Waals surface area contributed by atoms with Crippen LogP contribution in [0, 0.1) is 10.1 Å². The van der Waals surface area contributed by atoms with E-state index < -0.39 is 16.9 Å². The second kappa shape index (κ2) is 5.97. The van der Waals surface area contributed by atoms with E-state index in [9.17, 15) is 14.9 Å². The lowest BCUT2D eigenvalue weighted by Crippen LogP contribution is -2.30. The Hall–Kier alpha value is -2.15. The molecule has 7 nitrogen and oxygen atoms in total. The number of carbonyl (C=O) groups is 1. The van der Waals surface area contributed by atoms with Crippen LogP contribution in [0.5, 0.6) is 5.75 Å². The van der Waals surface area contributed by atoms with Crippen molar-refractivity contribution in [3.05, 3.63) is 33.9 Å². The maximum Gasteiger partial charge on any atom is 0.310 e. The Balaban J connectivity index is 2.91. The van der Waals surface area contributed by atoms with E-state index in [-0.39, 0.29) is 23.5 Å². The molecule has 0 unspecified atom stereocenters. The number of nitrogens with zero attached hydrogens (tertiary/aromatic N) is 1. The van der Waals surface area contributed by atoms with Gasteiger partial charge in [0.1, 0.15) is 0 Å². The summed E-state index contributed by atoms with van der Waals surface area (Å²) < 4.78 is 4.85. The summed E-state index contributed by atoms with van der Waals surface area (Å²) in [5, 5.41) is 22.2. The van der Waals surface area contributed by atoms with Crippen molar-refractivity contribution in [2.24, 2.45) is 0 Å². The first-order chi connectivity index (χ1) is 8.45. The summed E-state index contributed by atoms with van der Waals surface area (Å²) in [6.07, 6.45) is -0.658. The fourth-order valence-electron chi connectivity index (χ4n) is 1.31. The Morgan fingerprint density at radius 1 is 1.61 bits per heavy atom. The fourth-order valence-corrected chi connectivity index (χ4v) is 1.31. The van der Waals surface area contributed by atoms with Crippen molar-refractivity contribution < 1.29 is 19.6 Å². The molecule has 1 amide bonds. The number of nitro groups is 1. The first-order valence-corrected chi connectivity index (χ1v) is 5.24. The highest BCUT2D eigenvalue weighted by atomic mass is 16.6. The molecular weight excluding hydrogens is 240 g/mol. The van der Waals surface area contributed by atoms with Gasteiger partial charge in [-0.2, -0.15) is 0 Å². The van der Waals surface area contributed by atoms with Crippen LogP contribution in [-0.4, -0.2) is 35.7 Å². The topological polar surface area (TPSA) is 102 Å². The molecule has 0 aromatic heterocycles. The molecule has 1 aromatic rings. The Labute approximate surface area is 104 Å². The molecule has 1 aromatic carbocycles. The average molecular weight is 254 g/mol. The molecule has 0 aliphatic carbocycles. The molecule has 0 saturated heterocycles. The van der Waals surface area contributed by atoms with E-state index >= 15 is 0 Å². The van der Waals surface area contributed by atoms with Gasteiger partial charge in [0.2, 0.25) is 0 Å². The zero-order valence-electron chi connectivity index (χ0n) is 10.0. The third kappa shape index (κ3) is 3.42. The number of aliphatic hydroxyl groups excluding tert-OH is 1. The van der Waals surface area contributed by atoms with E-state index in [0.29, 0.717) is 0 Å². The zero-order valence-corrected chi connectivity index (χ0v) is 10.0. The molecule has 0 fully saturated rings. The lowest BCUT2D eigenvalue weighted by molar-refractivity contribution is -0.385. The van der Waals surface area contributed by atoms with Crippen LogP contribution in [-0.2, 0) is 0 Å². The Morgan fingerprint density at radius 3 is 2.78 bits per heavy atom. The van der Waals surface area contributed by atoms with Gasteiger partial charge >= 0.3 is 5.69 Å². The van der Waals surface area contributed by atoms with E-state index in [1.54, 1.807) is 0 Å². The van der Waals surface area contributed by atoms with Gasteiger partial charge in [-0.05, 0) is 13.0 Å². The van der Waals surface area contributed by atoms with E-state index in [0.717, 1.165) is 0 Å². The number of amides is 1. The van der Waals surface area contributed by atoms with Gasteiger partial charge in [-0.15, -0.1) is 0 Å². The first kappa shape index (κ1) is 13.9. The molecule has 1 rings (SSSR count). The van der Waals surface area contributed by atoms with Crippen LogP contribution in [0.4, 0.5) is 5.69 Å². The highest BCUT2D eigenvalue weighted by Crippen LogP contribution is 2.27. The first-order valence-electron chi connectivity index (χ1n) is 5.24. The largest absolute Gasteiger partial charge is 0.490 e. The minimum atomic E-state index is -0.658. The van der Waals surface area contributed by atoms with Gasteiger partial charge in [0.25, 0.3) is 5.91 Å². The predicted octanol–water partition coefficient (Wildman–Crippen LogP) is 0.714. The number of nitrogens with one attached hydrogen (secondary N) is 1. The molecule has 0 saturated carbocycles. The smallest absolute Gasteiger partial charge is 0.310 e. The van der Waals surface area contributed by atoms with E-state index in [1.165, 1.54) is 32.2 Å². The second-order valence-electron chi connectivity index (χ2n) is 3.70. The Kier molecular flexibility index (Phi) is 4.61. The monoisotopic (exact) mass is 254 g/mol. The standard InChI is InChI=1S/C11H14N2O5/c1-7(14)6-12-11(15)8-3-4-9(13(16)17)10(5-8)18-2/h3-5,7,14H,6H2,1-2H3,(H,12,15)/t7-/m0/s1. The van der Waals surface area contributed by atoms with E-state index in [2.05, 4.69) is 5.32 Å². The van der Waals surface area contributed by atoms with Gasteiger partial charge in [0, 0.05) is 24.2 Å². The normalized spacial score (nSPS) is 11.7. The number of nitro benzene ring substituents is 1. The molecule has 0 radical (unpaired) electrons. The molecule has 7 heteroatoms. The molecule has 18 heavy (non-hydrogen) atoms. The van der Waals surface area contributed by atoms with Crippen LogP contribution < -0.4 is 10.1 Å². The molecule has 98 valence electrons. The van der Waals surface area contributed by atoms with Crippen LogP contribution >= 0.6 is 0 Å². The number of aliphatic hydroxyl groups is 1. The predicted molar refractivity (Wildman–Crippen MR) is 63.7 cm³/mol. The molecule has 0 aliphatic heterocycles. The lowest BCUT2D eigenvalue weighted by atomic mass is 10.1. The fraction of sp³-hybridized carbons (Fsp3) is 0.364. The third-order valence-corrected chi connectivity index (χ3v) is 2.20. The third-order valence-electron chi connectivity index (χ3n) is 2.20. The van der Waals surface area contributed by atoms with Crippen LogP contribution in [0.15, 0.2) is 18.2 Å². The summed E-state index contributed by atoms with van der Waals surface area (Å²) in [5.74, 6) is -0.409. The Morgan fingerprint density at radius 2 is 2.28 bits per heavy atom. The van der Waals surface area contributed by atoms with Crippen molar-refractivity contribution in [2.45, 2.75) is 13.0 Å². The van der Waals surface area contributed by atoms with Crippen molar-refractivity contribution in [1.29, 1.82) is 0 Å². The molecule has 0 aliphatic rings. The Bertz CT molecular complexity index is 459. The minimum Gasteiger partial charge on any atom is -0.490 e. The van der Waals surface area contributed by atoms with Gasteiger partial charge in [0.05, 0.1) is 18.1 Å². The summed E-state index contributed by atoms with van der Waals surface area (Å²) in [6.45, 7) is 1.65. The van der Waals surface area contributed by atoms with Crippen molar-refractivity contribution >= 4 is 11.6 Å². The van der Waals surface area contributed by atoms with Gasteiger partial charge in [-0.1, -0.05) is 0 Å². The van der Waals surface area contributed by atoms with Gasteiger partial charge in [-0.25, -0.2) is 0 Å². The molecule has 2 N–H and O–H groups in total. The second-order valence-corrected chi connectivity index (χ2v) is 3.70. The molecule has 0 spiro atoms. The highest BCUT2D eigenvalue weighted by Gasteiger charge is 2.17. The zero-order chi connectivity index (χ0) is 13.7. The van der Waals surface area contributed by atoms with Gasteiger partial charge in [-0.3, -0.25) is 14.9 Å². The van der Waals surface area contributed by atoms with Crippen molar-refractivity contribution in [3.63, 3.8) is 0 Å². The SMILES string of the molecule is COc1cc(C(=O)NC[C@H](C)O)ccc1[N+](=O)[O-]. The molecule has 1 atom stereocenters. The summed E-state index contributed by atoms with van der Waals surface area (Å²) in [7, 11) is 1.29. The van der Waals surface area contributed by atoms with Crippen molar-refractivity contribution in [3.8, 4) is 5.75 Å². The maximum atomic E-state index is 11.7. The van der Waals surface area contributed by atoms with Gasteiger partial charge in [0.15, 0.2) is 5.75 Å². The number of carbonyl (C=O) groups excluding carboxylic acids is 1.